The number of phenolic OH excluding ortho intramolecular Hbond substituents is 1. The minimum Gasteiger partial charge on any atom is -0.506 e. The van der Waals surface area contributed by atoms with Crippen molar-refractivity contribution >= 4 is 11.6 Å². The molecule has 0 spiro atoms. The van der Waals surface area contributed by atoms with Crippen LogP contribution >= 0.6 is 0 Å². The van der Waals surface area contributed by atoms with E-state index in [4.69, 9.17) is 4.74 Å². The molecule has 0 radical (unpaired) electrons. The molecule has 132 valence electrons. The highest BCUT2D eigenvalue weighted by atomic mass is 16.5. The summed E-state index contributed by atoms with van der Waals surface area (Å²) in [5.41, 5.74) is 2.90. The third-order valence-corrected chi connectivity index (χ3v) is 4.60. The summed E-state index contributed by atoms with van der Waals surface area (Å²) >= 11 is 0. The standard InChI is InChI=1S/C20H24N2O3/c1-15-6-5-7-16(2)20(15)25-14-19(24)22-12-10-21(11-13-22)17-8-3-4-9-18(17)23/h3-9,23H,10-14H2,1-2H3. The first-order valence-electron chi connectivity index (χ1n) is 8.56. The maximum absolute atomic E-state index is 12.4. The molecule has 1 heterocycles. The summed E-state index contributed by atoms with van der Waals surface area (Å²) < 4.78 is 5.77. The van der Waals surface area contributed by atoms with E-state index in [0.29, 0.717) is 26.2 Å². The van der Waals surface area contributed by atoms with Gasteiger partial charge < -0.3 is 19.6 Å². The molecule has 1 N–H and O–H groups in total. The summed E-state index contributed by atoms with van der Waals surface area (Å²) in [5.74, 6) is 1.07. The lowest BCUT2D eigenvalue weighted by atomic mass is 10.1. The van der Waals surface area contributed by atoms with Crippen molar-refractivity contribution in [1.82, 2.24) is 4.90 Å². The molecule has 2 aromatic rings. The fourth-order valence-corrected chi connectivity index (χ4v) is 3.18. The number of ether oxygens (including phenoxy) is 1. The van der Waals surface area contributed by atoms with E-state index in [1.54, 1.807) is 6.07 Å². The monoisotopic (exact) mass is 340 g/mol. The van der Waals surface area contributed by atoms with Crippen LogP contribution in [0.15, 0.2) is 42.5 Å². The van der Waals surface area contributed by atoms with Crippen molar-refractivity contribution in [3.8, 4) is 11.5 Å². The van der Waals surface area contributed by atoms with Crippen LogP contribution in [-0.4, -0.2) is 48.7 Å². The molecule has 0 bridgehead atoms. The van der Waals surface area contributed by atoms with Crippen molar-refractivity contribution in [3.05, 3.63) is 53.6 Å². The second-order valence-electron chi connectivity index (χ2n) is 6.37. The summed E-state index contributed by atoms with van der Waals surface area (Å²) in [5, 5.41) is 9.96. The van der Waals surface area contributed by atoms with Crippen molar-refractivity contribution in [3.63, 3.8) is 0 Å². The minimum absolute atomic E-state index is 0.000383. The Bertz CT molecular complexity index is 732. The Balaban J connectivity index is 1.54. The van der Waals surface area contributed by atoms with Gasteiger partial charge in [-0.25, -0.2) is 0 Å². The fourth-order valence-electron chi connectivity index (χ4n) is 3.18. The van der Waals surface area contributed by atoms with Crippen LogP contribution in [-0.2, 0) is 4.79 Å². The molecule has 0 aromatic heterocycles. The van der Waals surface area contributed by atoms with Crippen molar-refractivity contribution in [2.24, 2.45) is 0 Å². The number of amides is 1. The molecule has 25 heavy (non-hydrogen) atoms. The summed E-state index contributed by atoms with van der Waals surface area (Å²) in [6.07, 6.45) is 0. The number of phenols is 1. The zero-order valence-electron chi connectivity index (χ0n) is 14.7. The second-order valence-corrected chi connectivity index (χ2v) is 6.37. The maximum Gasteiger partial charge on any atom is 0.260 e. The SMILES string of the molecule is Cc1cccc(C)c1OCC(=O)N1CCN(c2ccccc2O)CC1. The average molecular weight is 340 g/mol. The van der Waals surface area contributed by atoms with Gasteiger partial charge in [-0.05, 0) is 37.1 Å². The topological polar surface area (TPSA) is 53.0 Å². The number of aromatic hydroxyl groups is 1. The van der Waals surface area contributed by atoms with Gasteiger partial charge in [-0.2, -0.15) is 0 Å². The molecular formula is C20H24N2O3. The number of para-hydroxylation sites is 3. The molecule has 0 unspecified atom stereocenters. The first kappa shape index (κ1) is 17.1. The van der Waals surface area contributed by atoms with Crippen molar-refractivity contribution < 1.29 is 14.6 Å². The Morgan fingerprint density at radius 3 is 2.28 bits per heavy atom. The smallest absolute Gasteiger partial charge is 0.260 e. The molecule has 1 fully saturated rings. The van der Waals surface area contributed by atoms with E-state index >= 15 is 0 Å². The number of hydrogen-bond acceptors (Lipinski definition) is 4. The molecule has 0 atom stereocenters. The van der Waals surface area contributed by atoms with Gasteiger partial charge in [0.15, 0.2) is 6.61 Å². The highest BCUT2D eigenvalue weighted by Crippen LogP contribution is 2.27. The molecular weight excluding hydrogens is 316 g/mol. The van der Waals surface area contributed by atoms with Crippen LogP contribution in [0.5, 0.6) is 11.5 Å². The number of nitrogens with zero attached hydrogens (tertiary/aromatic N) is 2. The minimum atomic E-state index is -0.000383. The van der Waals surface area contributed by atoms with Gasteiger partial charge in [0.2, 0.25) is 0 Å². The van der Waals surface area contributed by atoms with Crippen LogP contribution in [0.2, 0.25) is 0 Å². The van der Waals surface area contributed by atoms with Gasteiger partial charge in [-0.1, -0.05) is 30.3 Å². The Morgan fingerprint density at radius 2 is 1.64 bits per heavy atom. The number of piperazine rings is 1. The lowest BCUT2D eigenvalue weighted by Gasteiger charge is -2.36. The van der Waals surface area contributed by atoms with Gasteiger partial charge in [0, 0.05) is 26.2 Å². The van der Waals surface area contributed by atoms with E-state index in [1.807, 2.05) is 55.1 Å². The Hall–Kier alpha value is -2.69. The zero-order valence-corrected chi connectivity index (χ0v) is 14.7. The quantitative estimate of drug-likeness (QED) is 0.930. The number of rotatable bonds is 4. The molecule has 1 amide bonds. The first-order valence-corrected chi connectivity index (χ1v) is 8.56. The Morgan fingerprint density at radius 1 is 1.00 bits per heavy atom. The summed E-state index contributed by atoms with van der Waals surface area (Å²) in [6, 6.07) is 13.3. The van der Waals surface area contributed by atoms with E-state index in [-0.39, 0.29) is 18.3 Å². The second kappa shape index (κ2) is 7.47. The molecule has 5 heteroatoms. The van der Waals surface area contributed by atoms with Gasteiger partial charge in [0.1, 0.15) is 11.5 Å². The molecule has 1 aliphatic rings. The fraction of sp³-hybridized carbons (Fsp3) is 0.350. The lowest BCUT2D eigenvalue weighted by molar-refractivity contribution is -0.133. The van der Waals surface area contributed by atoms with Crippen LogP contribution in [0.25, 0.3) is 0 Å². The molecule has 1 saturated heterocycles. The molecule has 5 nitrogen and oxygen atoms in total. The zero-order chi connectivity index (χ0) is 17.8. The van der Waals surface area contributed by atoms with E-state index in [0.717, 1.165) is 22.6 Å². The van der Waals surface area contributed by atoms with E-state index in [9.17, 15) is 9.90 Å². The molecule has 0 saturated carbocycles. The van der Waals surface area contributed by atoms with Crippen LogP contribution in [0.4, 0.5) is 5.69 Å². The van der Waals surface area contributed by atoms with Crippen molar-refractivity contribution in [1.29, 1.82) is 0 Å². The number of anilines is 1. The highest BCUT2D eigenvalue weighted by molar-refractivity contribution is 5.78. The van der Waals surface area contributed by atoms with Gasteiger partial charge in [0.25, 0.3) is 5.91 Å². The van der Waals surface area contributed by atoms with Crippen LogP contribution in [0.3, 0.4) is 0 Å². The molecule has 2 aromatic carbocycles. The highest BCUT2D eigenvalue weighted by Gasteiger charge is 2.23. The summed E-state index contributed by atoms with van der Waals surface area (Å²) in [4.78, 5) is 16.4. The molecule has 0 aliphatic carbocycles. The number of hydrogen-bond donors (Lipinski definition) is 1. The van der Waals surface area contributed by atoms with Gasteiger partial charge >= 0.3 is 0 Å². The third-order valence-electron chi connectivity index (χ3n) is 4.60. The first-order chi connectivity index (χ1) is 12.1. The predicted octanol–water partition coefficient (Wildman–Crippen LogP) is 2.74. The van der Waals surface area contributed by atoms with E-state index in [2.05, 4.69) is 4.90 Å². The van der Waals surface area contributed by atoms with Crippen LogP contribution in [0.1, 0.15) is 11.1 Å². The van der Waals surface area contributed by atoms with Crippen molar-refractivity contribution in [2.45, 2.75) is 13.8 Å². The Labute approximate surface area is 148 Å². The van der Waals surface area contributed by atoms with E-state index < -0.39 is 0 Å². The average Bonchev–Trinajstić information content (AvgIpc) is 2.62. The lowest BCUT2D eigenvalue weighted by Crippen LogP contribution is -2.50. The number of carbonyl (C=O) groups is 1. The third kappa shape index (κ3) is 3.87. The number of carbonyl (C=O) groups excluding carboxylic acids is 1. The van der Waals surface area contributed by atoms with Crippen LogP contribution in [0, 0.1) is 13.8 Å². The molecule has 1 aliphatic heterocycles. The maximum atomic E-state index is 12.4. The van der Waals surface area contributed by atoms with Gasteiger partial charge in [-0.3, -0.25) is 4.79 Å². The number of aryl methyl sites for hydroxylation is 2. The van der Waals surface area contributed by atoms with Gasteiger partial charge in [-0.15, -0.1) is 0 Å². The van der Waals surface area contributed by atoms with Crippen LogP contribution < -0.4 is 9.64 Å². The number of benzene rings is 2. The largest absolute Gasteiger partial charge is 0.506 e. The summed E-state index contributed by atoms with van der Waals surface area (Å²) in [6.45, 7) is 6.68. The predicted molar refractivity (Wildman–Crippen MR) is 98.3 cm³/mol. The molecule has 3 rings (SSSR count). The van der Waals surface area contributed by atoms with Gasteiger partial charge in [0.05, 0.1) is 5.69 Å². The van der Waals surface area contributed by atoms with E-state index in [1.165, 1.54) is 0 Å². The normalized spacial score (nSPS) is 14.5. The van der Waals surface area contributed by atoms with Crippen molar-refractivity contribution in [2.75, 3.05) is 37.7 Å². The Kier molecular flexibility index (Phi) is 5.12. The summed E-state index contributed by atoms with van der Waals surface area (Å²) in [7, 11) is 0.